The maximum absolute atomic E-state index is 4.83. The maximum Gasteiger partial charge on any atom is 0.0812 e. The zero-order valence-electron chi connectivity index (χ0n) is 18.9. The normalized spacial score (nSPS) is 17.1. The molecule has 3 nitrogen and oxygen atoms in total. The quantitative estimate of drug-likeness (QED) is 0.508. The molecule has 2 aromatic carbocycles. The molecule has 1 atom stereocenters. The van der Waals surface area contributed by atoms with Gasteiger partial charge in [0.25, 0.3) is 0 Å². The van der Waals surface area contributed by atoms with Crippen molar-refractivity contribution in [1.29, 1.82) is 0 Å². The van der Waals surface area contributed by atoms with Crippen molar-refractivity contribution in [1.82, 2.24) is 0 Å². The average molecular weight is 386 g/mol. The Morgan fingerprint density at radius 2 is 1.10 bits per heavy atom. The van der Waals surface area contributed by atoms with Crippen LogP contribution in [0.25, 0.3) is 0 Å². The van der Waals surface area contributed by atoms with Gasteiger partial charge in [-0.2, -0.15) is 0 Å². The summed E-state index contributed by atoms with van der Waals surface area (Å²) in [6.07, 6.45) is 3.82. The average Bonchev–Trinajstić information content (AvgIpc) is 2.88. The fourth-order valence-electron chi connectivity index (χ4n) is 4.05. The van der Waals surface area contributed by atoms with Crippen LogP contribution in [0.5, 0.6) is 0 Å². The van der Waals surface area contributed by atoms with E-state index in [1.807, 2.05) is 12.4 Å². The lowest BCUT2D eigenvalue weighted by Crippen LogP contribution is -2.09. The number of allylic oxidation sites excluding steroid dienone is 2. The summed E-state index contributed by atoms with van der Waals surface area (Å²) in [5, 5.41) is 0. The Hall–Kier alpha value is -2.81. The predicted octanol–water partition coefficient (Wildman–Crippen LogP) is 7.01. The summed E-state index contributed by atoms with van der Waals surface area (Å²) in [6.45, 7) is 17.0. The van der Waals surface area contributed by atoms with Gasteiger partial charge in [-0.15, -0.1) is 0 Å². The van der Waals surface area contributed by atoms with Crippen LogP contribution in [0.4, 0.5) is 11.4 Å². The molecule has 1 unspecified atom stereocenters. The van der Waals surface area contributed by atoms with Crippen LogP contribution in [0.1, 0.15) is 47.2 Å². The molecule has 1 heterocycles. The van der Waals surface area contributed by atoms with E-state index < -0.39 is 0 Å². The predicted molar refractivity (Wildman–Crippen MR) is 127 cm³/mol. The van der Waals surface area contributed by atoms with Crippen LogP contribution in [0, 0.1) is 47.5 Å². The van der Waals surface area contributed by atoms with Gasteiger partial charge in [-0.25, -0.2) is 4.99 Å². The summed E-state index contributed by atoms with van der Waals surface area (Å²) in [5.74, 6) is 0.242. The van der Waals surface area contributed by atoms with Crippen molar-refractivity contribution in [2.75, 3.05) is 0 Å². The fourth-order valence-corrected chi connectivity index (χ4v) is 4.05. The standard InChI is InChI=1S/C26H31N3/c1-15-9-17(3)25(18(4)10-15)27-13-23-21(7)22(8)24(29-23)14-28-26-19(5)11-16(2)12-20(26)6/h9-14,21H,1-8H3. The molecule has 2 aromatic rings. The molecule has 150 valence electrons. The summed E-state index contributed by atoms with van der Waals surface area (Å²) in [6, 6.07) is 8.69. The van der Waals surface area contributed by atoms with Crippen molar-refractivity contribution in [2.24, 2.45) is 20.9 Å². The van der Waals surface area contributed by atoms with Crippen LogP contribution in [-0.4, -0.2) is 18.1 Å². The molecular weight excluding hydrogens is 354 g/mol. The van der Waals surface area contributed by atoms with E-state index in [2.05, 4.69) is 79.7 Å². The number of hydrogen-bond acceptors (Lipinski definition) is 3. The van der Waals surface area contributed by atoms with Crippen molar-refractivity contribution in [3.63, 3.8) is 0 Å². The molecule has 0 saturated heterocycles. The van der Waals surface area contributed by atoms with Crippen molar-refractivity contribution in [3.05, 3.63) is 68.9 Å². The van der Waals surface area contributed by atoms with E-state index in [-0.39, 0.29) is 5.92 Å². The van der Waals surface area contributed by atoms with Gasteiger partial charge in [0.15, 0.2) is 0 Å². The molecule has 1 aliphatic heterocycles. The third-order valence-corrected chi connectivity index (χ3v) is 5.66. The molecule has 0 fully saturated rings. The summed E-state index contributed by atoms with van der Waals surface area (Å²) < 4.78 is 0. The van der Waals surface area contributed by atoms with E-state index in [1.165, 1.54) is 39.0 Å². The van der Waals surface area contributed by atoms with Crippen LogP contribution < -0.4 is 0 Å². The van der Waals surface area contributed by atoms with Crippen molar-refractivity contribution >= 4 is 29.5 Å². The Bertz CT molecular complexity index is 1040. The molecule has 0 saturated carbocycles. The smallest absolute Gasteiger partial charge is 0.0812 e. The first-order valence-electron chi connectivity index (χ1n) is 10.2. The number of benzene rings is 2. The largest absolute Gasteiger partial charge is 0.254 e. The Labute approximate surface area is 175 Å². The Morgan fingerprint density at radius 1 is 0.690 bits per heavy atom. The van der Waals surface area contributed by atoms with Gasteiger partial charge < -0.3 is 0 Å². The topological polar surface area (TPSA) is 37.1 Å². The van der Waals surface area contributed by atoms with E-state index in [0.29, 0.717) is 0 Å². The van der Waals surface area contributed by atoms with Gasteiger partial charge in [-0.05, 0) is 76.3 Å². The summed E-state index contributed by atoms with van der Waals surface area (Å²) in [7, 11) is 0. The molecule has 0 spiro atoms. The van der Waals surface area contributed by atoms with E-state index in [1.54, 1.807) is 0 Å². The van der Waals surface area contributed by atoms with Crippen LogP contribution in [0.2, 0.25) is 0 Å². The zero-order valence-corrected chi connectivity index (χ0v) is 18.9. The first kappa shape index (κ1) is 20.9. The van der Waals surface area contributed by atoms with E-state index in [4.69, 9.17) is 15.0 Å². The minimum absolute atomic E-state index is 0.242. The molecule has 0 radical (unpaired) electrons. The van der Waals surface area contributed by atoms with E-state index in [0.717, 1.165) is 22.8 Å². The lowest BCUT2D eigenvalue weighted by Gasteiger charge is -2.08. The van der Waals surface area contributed by atoms with Gasteiger partial charge in [-0.1, -0.05) is 42.3 Å². The fraction of sp³-hybridized carbons (Fsp3) is 0.346. The number of hydrogen-bond donors (Lipinski definition) is 0. The van der Waals surface area contributed by atoms with Crippen LogP contribution in [0.15, 0.2) is 50.5 Å². The van der Waals surface area contributed by atoms with Gasteiger partial charge in [0, 0.05) is 12.1 Å². The second-order valence-electron chi connectivity index (χ2n) is 8.34. The molecule has 0 aliphatic carbocycles. The molecule has 0 aromatic heterocycles. The molecule has 0 bridgehead atoms. The van der Waals surface area contributed by atoms with Crippen molar-refractivity contribution < 1.29 is 0 Å². The molecule has 3 rings (SSSR count). The van der Waals surface area contributed by atoms with E-state index >= 15 is 0 Å². The highest BCUT2D eigenvalue weighted by Crippen LogP contribution is 2.29. The Kier molecular flexibility index (Phi) is 5.97. The van der Waals surface area contributed by atoms with E-state index in [9.17, 15) is 0 Å². The number of nitrogens with zero attached hydrogens (tertiary/aromatic N) is 3. The molecule has 1 aliphatic rings. The Morgan fingerprint density at radius 3 is 1.55 bits per heavy atom. The highest BCUT2D eigenvalue weighted by Gasteiger charge is 2.21. The van der Waals surface area contributed by atoms with Gasteiger partial charge in [0.1, 0.15) is 0 Å². The summed E-state index contributed by atoms with van der Waals surface area (Å²) in [5.41, 5.74) is 12.5. The third kappa shape index (κ3) is 4.45. The minimum atomic E-state index is 0.242. The molecule has 3 heteroatoms. The lowest BCUT2D eigenvalue weighted by atomic mass is 9.99. The monoisotopic (exact) mass is 385 g/mol. The van der Waals surface area contributed by atoms with Gasteiger partial charge in [0.2, 0.25) is 0 Å². The SMILES string of the molecule is CC1=C(C=Nc2c(C)cc(C)cc2C)N=C(C=Nc2c(C)cc(C)cc2C)C1C. The molecular formula is C26H31N3. The molecule has 0 amide bonds. The van der Waals surface area contributed by atoms with Crippen LogP contribution in [0.3, 0.4) is 0 Å². The van der Waals surface area contributed by atoms with Gasteiger partial charge in [-0.3, -0.25) is 9.98 Å². The summed E-state index contributed by atoms with van der Waals surface area (Å²) in [4.78, 5) is 14.4. The molecule has 0 N–H and O–H groups in total. The summed E-state index contributed by atoms with van der Waals surface area (Å²) >= 11 is 0. The maximum atomic E-state index is 4.83. The second-order valence-corrected chi connectivity index (χ2v) is 8.34. The zero-order chi connectivity index (χ0) is 21.3. The second kappa shape index (κ2) is 8.28. The number of aliphatic imine (C=N–C) groups is 3. The third-order valence-electron chi connectivity index (χ3n) is 5.66. The number of aryl methyl sites for hydroxylation is 6. The van der Waals surface area contributed by atoms with Gasteiger partial charge in [0.05, 0.1) is 29.0 Å². The van der Waals surface area contributed by atoms with Crippen molar-refractivity contribution in [2.45, 2.75) is 55.4 Å². The minimum Gasteiger partial charge on any atom is -0.254 e. The van der Waals surface area contributed by atoms with Crippen molar-refractivity contribution in [3.8, 4) is 0 Å². The first-order chi connectivity index (χ1) is 13.7. The van der Waals surface area contributed by atoms with Gasteiger partial charge >= 0.3 is 0 Å². The Balaban J connectivity index is 1.87. The highest BCUT2D eigenvalue weighted by molar-refractivity contribution is 6.34. The van der Waals surface area contributed by atoms with Crippen LogP contribution in [-0.2, 0) is 0 Å². The molecule has 29 heavy (non-hydrogen) atoms. The lowest BCUT2D eigenvalue weighted by molar-refractivity contribution is 0.944. The van der Waals surface area contributed by atoms with Crippen LogP contribution >= 0.6 is 0 Å². The number of rotatable bonds is 4. The highest BCUT2D eigenvalue weighted by atomic mass is 14.9. The first-order valence-corrected chi connectivity index (χ1v) is 10.2.